The zero-order valence-corrected chi connectivity index (χ0v) is 25.7. The third-order valence-corrected chi connectivity index (χ3v) is 8.84. The lowest BCUT2D eigenvalue weighted by Gasteiger charge is -2.22. The van der Waals surface area contributed by atoms with Crippen molar-refractivity contribution in [1.29, 1.82) is 0 Å². The van der Waals surface area contributed by atoms with Gasteiger partial charge in [0, 0.05) is 35.6 Å². The highest BCUT2D eigenvalue weighted by Gasteiger charge is 2.28. The minimum atomic E-state index is -3.56. The Morgan fingerprint density at radius 1 is 0.952 bits per heavy atom. The average molecular weight is 591 g/mol. The maximum atomic E-state index is 13.6. The largest absolute Gasteiger partial charge is 0.494 e. The number of fused-ring (bicyclic) bond motifs is 1. The van der Waals surface area contributed by atoms with Crippen molar-refractivity contribution in [2.24, 2.45) is 4.99 Å². The van der Waals surface area contributed by atoms with Gasteiger partial charge in [-0.1, -0.05) is 30.3 Å². The topological polar surface area (TPSA) is 107 Å². The Balaban J connectivity index is 1.80. The monoisotopic (exact) mass is 590 g/mol. The van der Waals surface area contributed by atoms with E-state index < -0.39 is 7.60 Å². The van der Waals surface area contributed by atoms with Crippen LogP contribution in [0.25, 0.3) is 10.9 Å². The summed E-state index contributed by atoms with van der Waals surface area (Å²) in [7, 11) is 0.461. The molecule has 0 radical (unpaired) electrons. The van der Waals surface area contributed by atoms with Crippen LogP contribution in [0.3, 0.4) is 0 Å². The first kappa shape index (κ1) is 31.2. The third-order valence-electron chi connectivity index (χ3n) is 6.73. The first-order valence-corrected chi connectivity index (χ1v) is 15.6. The fourth-order valence-electron chi connectivity index (χ4n) is 4.81. The Hall–Kier alpha value is -3.75. The van der Waals surface area contributed by atoms with Gasteiger partial charge < -0.3 is 28.9 Å². The number of benzene rings is 3. The quantitative estimate of drug-likeness (QED) is 0.141. The summed E-state index contributed by atoms with van der Waals surface area (Å²) in [6.45, 7) is 7.05. The molecule has 222 valence electrons. The SMILES string of the molecule is CCOP(=O)(OCC)c1ccc2[nH]c(O)c(C(=Nc3ccc(N(CCCN(C)C)C(C)=O)cc3)c3ccccc3)c2c1. The fourth-order valence-corrected chi connectivity index (χ4v) is 6.41. The van der Waals surface area contributed by atoms with Gasteiger partial charge in [0.1, 0.15) is 0 Å². The predicted octanol–water partition coefficient (Wildman–Crippen LogP) is 6.24. The Morgan fingerprint density at radius 3 is 2.21 bits per heavy atom. The summed E-state index contributed by atoms with van der Waals surface area (Å²) in [4.78, 5) is 24.2. The molecule has 0 aliphatic carbocycles. The standard InChI is InChI=1S/C32H39N4O5P/c1-6-40-42(39,41-7-2)27-18-19-29-28(22-27)30(32(38)34-29)31(24-12-9-8-10-13-24)33-25-14-16-26(17-15-25)36(23(3)37)21-11-20-35(4)5/h8-10,12-19,22,34,38H,6-7,11,20-21H2,1-5H3. The second-order valence-electron chi connectivity index (χ2n) is 10.1. The van der Waals surface area contributed by atoms with Gasteiger partial charge in [0.05, 0.1) is 35.5 Å². The van der Waals surface area contributed by atoms with Gasteiger partial charge in [-0.2, -0.15) is 0 Å². The highest BCUT2D eigenvalue weighted by Crippen LogP contribution is 2.47. The van der Waals surface area contributed by atoms with E-state index in [-0.39, 0.29) is 25.0 Å². The summed E-state index contributed by atoms with van der Waals surface area (Å²) in [5.74, 6) is -0.0847. The van der Waals surface area contributed by atoms with Crippen LogP contribution >= 0.6 is 7.60 Å². The van der Waals surface area contributed by atoms with Crippen LogP contribution in [0.5, 0.6) is 5.88 Å². The van der Waals surface area contributed by atoms with Crippen LogP contribution in [0.1, 0.15) is 38.3 Å². The van der Waals surface area contributed by atoms with Crippen molar-refractivity contribution in [3.05, 3.63) is 83.9 Å². The van der Waals surface area contributed by atoms with Crippen molar-refractivity contribution >= 4 is 46.8 Å². The average Bonchev–Trinajstić information content (AvgIpc) is 3.29. The number of carbonyl (C=O) groups excluding carboxylic acids is 1. The van der Waals surface area contributed by atoms with E-state index in [1.807, 2.05) is 68.7 Å². The van der Waals surface area contributed by atoms with E-state index in [0.717, 1.165) is 24.2 Å². The molecule has 1 amide bonds. The number of aromatic hydroxyl groups is 1. The number of aromatic amines is 1. The van der Waals surface area contributed by atoms with Crippen LogP contribution in [0.2, 0.25) is 0 Å². The number of H-pyrrole nitrogens is 1. The summed E-state index contributed by atoms with van der Waals surface area (Å²) in [5, 5.41) is 12.2. The number of hydrogen-bond donors (Lipinski definition) is 2. The van der Waals surface area contributed by atoms with Gasteiger partial charge in [-0.3, -0.25) is 9.36 Å². The summed E-state index contributed by atoms with van der Waals surface area (Å²) in [6.07, 6.45) is 0.853. The molecule has 0 aliphatic heterocycles. The molecular formula is C32H39N4O5P. The van der Waals surface area contributed by atoms with Crippen molar-refractivity contribution in [1.82, 2.24) is 9.88 Å². The van der Waals surface area contributed by atoms with Gasteiger partial charge in [-0.25, -0.2) is 4.99 Å². The van der Waals surface area contributed by atoms with Crippen molar-refractivity contribution in [2.75, 3.05) is 45.3 Å². The lowest BCUT2D eigenvalue weighted by Crippen LogP contribution is -2.31. The van der Waals surface area contributed by atoms with Crippen molar-refractivity contribution in [3.63, 3.8) is 0 Å². The van der Waals surface area contributed by atoms with E-state index in [1.54, 1.807) is 43.9 Å². The van der Waals surface area contributed by atoms with Crippen LogP contribution in [-0.2, 0) is 18.4 Å². The number of anilines is 1. The highest BCUT2D eigenvalue weighted by molar-refractivity contribution is 7.62. The number of aromatic nitrogens is 1. The van der Waals surface area contributed by atoms with Crippen molar-refractivity contribution in [2.45, 2.75) is 27.2 Å². The van der Waals surface area contributed by atoms with Gasteiger partial charge >= 0.3 is 7.60 Å². The summed E-state index contributed by atoms with van der Waals surface area (Å²) >= 11 is 0. The molecule has 4 rings (SSSR count). The predicted molar refractivity (Wildman–Crippen MR) is 170 cm³/mol. The van der Waals surface area contributed by atoms with E-state index in [9.17, 15) is 14.5 Å². The van der Waals surface area contributed by atoms with E-state index >= 15 is 0 Å². The molecule has 0 saturated carbocycles. The number of nitrogens with zero attached hydrogens (tertiary/aromatic N) is 3. The van der Waals surface area contributed by atoms with Crippen LogP contribution in [0.15, 0.2) is 77.8 Å². The molecule has 10 heteroatoms. The van der Waals surface area contributed by atoms with Crippen LogP contribution in [0, 0.1) is 0 Å². The number of rotatable bonds is 13. The molecule has 3 aromatic carbocycles. The summed E-state index contributed by atoms with van der Waals surface area (Å²) in [5.41, 5.74) is 3.88. The molecule has 0 saturated heterocycles. The van der Waals surface area contributed by atoms with Crippen LogP contribution in [-0.4, -0.2) is 67.0 Å². The normalized spacial score (nSPS) is 12.3. The molecule has 0 bridgehead atoms. The molecule has 1 heterocycles. The maximum Gasteiger partial charge on any atom is 0.361 e. The van der Waals surface area contributed by atoms with E-state index in [1.165, 1.54) is 0 Å². The minimum Gasteiger partial charge on any atom is -0.494 e. The Kier molecular flexibility index (Phi) is 10.4. The zero-order chi connectivity index (χ0) is 30.3. The molecule has 0 atom stereocenters. The number of carbonyl (C=O) groups is 1. The lowest BCUT2D eigenvalue weighted by atomic mass is 10.0. The number of hydrogen-bond acceptors (Lipinski definition) is 7. The zero-order valence-electron chi connectivity index (χ0n) is 24.8. The van der Waals surface area contributed by atoms with Gasteiger partial charge in [0.15, 0.2) is 5.88 Å². The van der Waals surface area contributed by atoms with Gasteiger partial charge in [-0.05, 0) is 83.4 Å². The molecule has 9 nitrogen and oxygen atoms in total. The number of amides is 1. The van der Waals surface area contributed by atoms with E-state index in [0.29, 0.717) is 39.7 Å². The second kappa shape index (κ2) is 13.9. The Bertz CT molecular complexity index is 1570. The summed E-state index contributed by atoms with van der Waals surface area (Å²) in [6, 6.07) is 22.2. The lowest BCUT2D eigenvalue weighted by molar-refractivity contribution is -0.116. The van der Waals surface area contributed by atoms with Gasteiger partial charge in [0.25, 0.3) is 0 Å². The number of aliphatic imine (C=N–C) groups is 1. The molecule has 0 unspecified atom stereocenters. The molecule has 1 aromatic heterocycles. The van der Waals surface area contributed by atoms with Crippen molar-refractivity contribution < 1.29 is 23.5 Å². The van der Waals surface area contributed by atoms with Crippen LogP contribution in [0.4, 0.5) is 11.4 Å². The molecule has 42 heavy (non-hydrogen) atoms. The molecule has 0 aliphatic rings. The first-order valence-electron chi connectivity index (χ1n) is 14.1. The van der Waals surface area contributed by atoms with Gasteiger partial charge in [0.2, 0.25) is 5.91 Å². The minimum absolute atomic E-state index is 0.0223. The molecule has 4 aromatic rings. The van der Waals surface area contributed by atoms with Crippen LogP contribution < -0.4 is 10.2 Å². The third kappa shape index (κ3) is 7.17. The Morgan fingerprint density at radius 2 is 1.62 bits per heavy atom. The fraction of sp³-hybridized carbons (Fsp3) is 0.312. The van der Waals surface area contributed by atoms with E-state index in [4.69, 9.17) is 14.0 Å². The first-order chi connectivity index (χ1) is 20.2. The molecule has 0 fully saturated rings. The molecule has 0 spiro atoms. The highest BCUT2D eigenvalue weighted by atomic mass is 31.2. The number of nitrogens with one attached hydrogen (secondary N) is 1. The van der Waals surface area contributed by atoms with E-state index in [2.05, 4.69) is 9.88 Å². The Labute approximate surface area is 247 Å². The maximum absolute atomic E-state index is 13.6. The van der Waals surface area contributed by atoms with Crippen molar-refractivity contribution in [3.8, 4) is 5.88 Å². The smallest absolute Gasteiger partial charge is 0.361 e. The second-order valence-corrected chi connectivity index (χ2v) is 12.1. The molecule has 2 N–H and O–H groups in total. The molecular weight excluding hydrogens is 551 g/mol. The summed E-state index contributed by atoms with van der Waals surface area (Å²) < 4.78 is 24.7. The van der Waals surface area contributed by atoms with Gasteiger partial charge in [-0.15, -0.1) is 0 Å².